The van der Waals surface area contributed by atoms with E-state index in [1.54, 1.807) is 13.3 Å². The van der Waals surface area contributed by atoms with Crippen LogP contribution in [0.2, 0.25) is 0 Å². The summed E-state index contributed by atoms with van der Waals surface area (Å²) in [5.41, 5.74) is 5.35. The zero-order valence-electron chi connectivity index (χ0n) is 14.1. The number of benzene rings is 2. The summed E-state index contributed by atoms with van der Waals surface area (Å²) < 4.78 is 12.4. The van der Waals surface area contributed by atoms with Gasteiger partial charge in [0.2, 0.25) is 0 Å². The second-order valence-electron chi connectivity index (χ2n) is 5.37. The molecule has 5 nitrogen and oxygen atoms in total. The van der Waals surface area contributed by atoms with E-state index >= 15 is 0 Å². The van der Waals surface area contributed by atoms with Gasteiger partial charge in [-0.2, -0.15) is 5.10 Å². The summed E-state index contributed by atoms with van der Waals surface area (Å²) >= 11 is 6.85. The summed E-state index contributed by atoms with van der Waals surface area (Å²) in [6.45, 7) is 3.82. The molecule has 0 aromatic heterocycles. The van der Waals surface area contributed by atoms with Crippen LogP contribution in [0.5, 0.6) is 11.5 Å². The Morgan fingerprint density at radius 1 is 1.20 bits per heavy atom. The first kappa shape index (κ1) is 19.5. The summed E-state index contributed by atoms with van der Waals surface area (Å²) in [7, 11) is 1.60. The van der Waals surface area contributed by atoms with Crippen molar-refractivity contribution in [2.45, 2.75) is 13.8 Å². The molecule has 0 aliphatic carbocycles. The van der Waals surface area contributed by atoms with Gasteiger partial charge in [0.1, 0.15) is 11.5 Å². The Bertz CT molecular complexity index is 784. The van der Waals surface area contributed by atoms with Crippen molar-refractivity contribution in [2.24, 2.45) is 5.10 Å². The average Bonchev–Trinajstić information content (AvgIpc) is 2.54. The Morgan fingerprint density at radius 2 is 1.96 bits per heavy atom. The Kier molecular flexibility index (Phi) is 7.01. The van der Waals surface area contributed by atoms with E-state index in [1.807, 2.05) is 44.2 Å². The predicted octanol–water partition coefficient (Wildman–Crippen LogP) is 4.37. The van der Waals surface area contributed by atoms with Crippen molar-refractivity contribution in [3.05, 3.63) is 56.0 Å². The van der Waals surface area contributed by atoms with Crippen LogP contribution in [0.3, 0.4) is 0 Å². The fraction of sp³-hybridized carbons (Fsp3) is 0.222. The molecule has 1 amide bonds. The first-order chi connectivity index (χ1) is 11.9. The van der Waals surface area contributed by atoms with E-state index in [1.165, 1.54) is 0 Å². The van der Waals surface area contributed by atoms with Crippen LogP contribution >= 0.6 is 31.9 Å². The largest absolute Gasteiger partial charge is 0.496 e. The van der Waals surface area contributed by atoms with E-state index in [0.29, 0.717) is 5.75 Å². The number of rotatable bonds is 6. The molecule has 0 aliphatic rings. The maximum Gasteiger partial charge on any atom is 0.277 e. The van der Waals surface area contributed by atoms with Crippen molar-refractivity contribution in [3.8, 4) is 11.5 Å². The average molecular weight is 470 g/mol. The number of nitrogens with one attached hydrogen (secondary N) is 1. The molecule has 0 aliphatic heterocycles. The summed E-state index contributed by atoms with van der Waals surface area (Å²) in [5.74, 6) is 1.05. The molecule has 0 spiro atoms. The lowest BCUT2D eigenvalue weighted by Crippen LogP contribution is -2.24. The molecular formula is C18H18Br2N2O3. The van der Waals surface area contributed by atoms with E-state index in [0.717, 1.165) is 31.4 Å². The third-order valence-corrected chi connectivity index (χ3v) is 4.51. The molecule has 2 aromatic rings. The van der Waals surface area contributed by atoms with Crippen molar-refractivity contribution in [2.75, 3.05) is 13.7 Å². The number of hydrazone groups is 1. The van der Waals surface area contributed by atoms with E-state index in [4.69, 9.17) is 9.47 Å². The number of nitrogens with zero attached hydrogens (tertiary/aromatic N) is 1. The highest BCUT2D eigenvalue weighted by atomic mass is 79.9. The summed E-state index contributed by atoms with van der Waals surface area (Å²) in [4.78, 5) is 11.9. The molecule has 0 fully saturated rings. The second kappa shape index (κ2) is 9.01. The lowest BCUT2D eigenvalue weighted by molar-refractivity contribution is -0.123. The molecule has 0 radical (unpaired) electrons. The number of carbonyl (C=O) groups excluding carboxylic acids is 1. The molecule has 132 valence electrons. The van der Waals surface area contributed by atoms with Gasteiger partial charge in [0.15, 0.2) is 6.61 Å². The number of halogens is 2. The van der Waals surface area contributed by atoms with Crippen LogP contribution in [0.4, 0.5) is 0 Å². The van der Waals surface area contributed by atoms with Gasteiger partial charge in [-0.15, -0.1) is 0 Å². The molecule has 0 unspecified atom stereocenters. The lowest BCUT2D eigenvalue weighted by Gasteiger charge is -2.11. The second-order valence-corrected chi connectivity index (χ2v) is 7.08. The fourth-order valence-corrected chi connectivity index (χ4v) is 3.54. The molecule has 0 saturated carbocycles. The van der Waals surface area contributed by atoms with E-state index < -0.39 is 0 Å². The number of aryl methyl sites for hydroxylation is 2. The van der Waals surface area contributed by atoms with Gasteiger partial charge in [0.25, 0.3) is 5.91 Å². The Morgan fingerprint density at radius 3 is 2.60 bits per heavy atom. The minimum atomic E-state index is -0.337. The molecule has 2 aromatic carbocycles. The normalized spacial score (nSPS) is 10.8. The van der Waals surface area contributed by atoms with Crippen LogP contribution in [-0.4, -0.2) is 25.8 Å². The van der Waals surface area contributed by atoms with Gasteiger partial charge >= 0.3 is 0 Å². The number of hydrogen-bond acceptors (Lipinski definition) is 4. The monoisotopic (exact) mass is 468 g/mol. The minimum Gasteiger partial charge on any atom is -0.496 e. The van der Waals surface area contributed by atoms with Crippen LogP contribution in [0.25, 0.3) is 0 Å². The van der Waals surface area contributed by atoms with E-state index in [2.05, 4.69) is 42.4 Å². The van der Waals surface area contributed by atoms with Gasteiger partial charge in [-0.05, 0) is 86.7 Å². The highest BCUT2D eigenvalue weighted by Crippen LogP contribution is 2.30. The first-order valence-electron chi connectivity index (χ1n) is 7.45. The van der Waals surface area contributed by atoms with Gasteiger partial charge in [-0.3, -0.25) is 4.79 Å². The zero-order chi connectivity index (χ0) is 18.4. The van der Waals surface area contributed by atoms with Gasteiger partial charge < -0.3 is 9.47 Å². The smallest absolute Gasteiger partial charge is 0.277 e. The van der Waals surface area contributed by atoms with E-state index in [9.17, 15) is 4.79 Å². The van der Waals surface area contributed by atoms with Crippen molar-refractivity contribution in [1.82, 2.24) is 5.43 Å². The standard InChI is InChI=1S/C18H18Br2N2O3/c1-11-6-12(2)18(15(20)7-11)25-10-17(23)22-21-9-13-4-5-16(24-3)14(19)8-13/h4-9H,10H2,1-3H3,(H,22,23)/b21-9+. The molecule has 0 atom stereocenters. The Hall–Kier alpha value is -1.86. The summed E-state index contributed by atoms with van der Waals surface area (Å²) in [5, 5.41) is 3.93. The van der Waals surface area contributed by atoms with Crippen molar-refractivity contribution in [3.63, 3.8) is 0 Å². The van der Waals surface area contributed by atoms with Crippen LogP contribution in [0, 0.1) is 13.8 Å². The Labute approximate surface area is 163 Å². The number of hydrogen-bond donors (Lipinski definition) is 1. The molecule has 0 heterocycles. The van der Waals surface area contributed by atoms with Gasteiger partial charge in [-0.1, -0.05) is 6.07 Å². The lowest BCUT2D eigenvalue weighted by atomic mass is 10.1. The third-order valence-electron chi connectivity index (χ3n) is 3.30. The van der Waals surface area contributed by atoms with E-state index in [-0.39, 0.29) is 12.5 Å². The number of carbonyl (C=O) groups is 1. The maximum atomic E-state index is 11.9. The van der Waals surface area contributed by atoms with Crippen LogP contribution in [0.1, 0.15) is 16.7 Å². The predicted molar refractivity (Wildman–Crippen MR) is 106 cm³/mol. The number of ether oxygens (including phenoxy) is 2. The molecule has 2 rings (SSSR count). The zero-order valence-corrected chi connectivity index (χ0v) is 17.3. The van der Waals surface area contributed by atoms with Crippen LogP contribution in [0.15, 0.2) is 44.4 Å². The highest BCUT2D eigenvalue weighted by molar-refractivity contribution is 9.10. The SMILES string of the molecule is COc1ccc(/C=N/NC(=O)COc2c(C)cc(C)cc2Br)cc1Br. The van der Waals surface area contributed by atoms with Crippen molar-refractivity contribution in [1.29, 1.82) is 0 Å². The quantitative estimate of drug-likeness (QED) is 0.504. The molecule has 7 heteroatoms. The minimum absolute atomic E-state index is 0.119. The first-order valence-corrected chi connectivity index (χ1v) is 9.04. The third kappa shape index (κ3) is 5.57. The number of amides is 1. The van der Waals surface area contributed by atoms with Gasteiger partial charge in [0.05, 0.1) is 22.3 Å². The molecule has 1 N–H and O–H groups in total. The van der Waals surface area contributed by atoms with Gasteiger partial charge in [0, 0.05) is 0 Å². The molecule has 0 saturated heterocycles. The van der Waals surface area contributed by atoms with Crippen LogP contribution in [-0.2, 0) is 4.79 Å². The van der Waals surface area contributed by atoms with Crippen molar-refractivity contribution >= 4 is 44.0 Å². The molecule has 0 bridgehead atoms. The summed E-state index contributed by atoms with van der Waals surface area (Å²) in [6, 6.07) is 9.44. The van der Waals surface area contributed by atoms with Crippen LogP contribution < -0.4 is 14.9 Å². The highest BCUT2D eigenvalue weighted by Gasteiger charge is 2.09. The summed E-state index contributed by atoms with van der Waals surface area (Å²) in [6.07, 6.45) is 1.55. The topological polar surface area (TPSA) is 59.9 Å². The number of methoxy groups -OCH3 is 1. The van der Waals surface area contributed by atoms with Gasteiger partial charge in [-0.25, -0.2) is 5.43 Å². The maximum absolute atomic E-state index is 11.9. The molecular weight excluding hydrogens is 452 g/mol. The Balaban J connectivity index is 1.90. The molecule has 25 heavy (non-hydrogen) atoms. The van der Waals surface area contributed by atoms with Crippen molar-refractivity contribution < 1.29 is 14.3 Å². The fourth-order valence-electron chi connectivity index (χ4n) is 2.20.